The second-order valence-corrected chi connectivity index (χ2v) is 10.8. The molecule has 0 bridgehead atoms. The molecule has 6 heteroatoms. The molecule has 6 nitrogen and oxygen atoms in total. The van der Waals surface area contributed by atoms with Crippen LogP contribution in [0, 0.1) is 12.8 Å². The fourth-order valence-electron chi connectivity index (χ4n) is 4.93. The Kier molecular flexibility index (Phi) is 10.1. The number of unbranched alkanes of at least 4 members (excludes halogenated alkanes) is 1. The molecule has 1 fully saturated rings. The first kappa shape index (κ1) is 27.9. The number of hydrogen-bond acceptors (Lipinski definition) is 6. The van der Waals surface area contributed by atoms with Crippen LogP contribution in [-0.2, 0) is 20.7 Å². The molecule has 0 atom stereocenters. The van der Waals surface area contributed by atoms with Gasteiger partial charge in [-0.2, -0.15) is 0 Å². The molecular weight excluding hydrogens is 452 g/mol. The summed E-state index contributed by atoms with van der Waals surface area (Å²) in [4.78, 5) is 31.1. The number of hydrogen-bond donors (Lipinski definition) is 0. The molecule has 1 aromatic heterocycles. The van der Waals surface area contributed by atoms with E-state index in [1.807, 2.05) is 39.8 Å². The average molecular weight is 495 g/mol. The highest BCUT2D eigenvalue weighted by Crippen LogP contribution is 2.30. The van der Waals surface area contributed by atoms with Crippen molar-refractivity contribution in [2.75, 3.05) is 26.2 Å². The minimum absolute atomic E-state index is 0.113. The first-order valence-electron chi connectivity index (χ1n) is 13.3. The number of likely N-dealkylation sites (tertiary alicyclic amines) is 1. The zero-order valence-electron chi connectivity index (χ0n) is 22.6. The fourth-order valence-corrected chi connectivity index (χ4v) is 4.93. The lowest BCUT2D eigenvalue weighted by atomic mass is 9.89. The topological polar surface area (TPSA) is 68.7 Å². The average Bonchev–Trinajstić information content (AvgIpc) is 2.83. The van der Waals surface area contributed by atoms with Crippen LogP contribution in [0.2, 0.25) is 0 Å². The first-order chi connectivity index (χ1) is 17.2. The molecule has 0 saturated carbocycles. The molecule has 1 aliphatic heterocycles. The molecule has 1 saturated heterocycles. The maximum absolute atomic E-state index is 12.8. The van der Waals surface area contributed by atoms with Crippen molar-refractivity contribution in [1.82, 2.24) is 9.88 Å². The Bertz CT molecular complexity index is 1020. The zero-order chi connectivity index (χ0) is 26.1. The number of pyridine rings is 1. The van der Waals surface area contributed by atoms with Gasteiger partial charge in [0, 0.05) is 11.8 Å². The fraction of sp³-hybridized carbons (Fsp3) is 0.567. The number of carbonyl (C=O) groups is 2. The van der Waals surface area contributed by atoms with Crippen molar-refractivity contribution in [3.05, 3.63) is 53.3 Å². The number of nitrogens with zero attached hydrogens (tertiary/aromatic N) is 2. The Balaban J connectivity index is 1.54. The van der Waals surface area contributed by atoms with Crippen molar-refractivity contribution in [3.63, 3.8) is 0 Å². The van der Waals surface area contributed by atoms with Gasteiger partial charge in [-0.1, -0.05) is 37.1 Å². The molecule has 0 spiro atoms. The van der Waals surface area contributed by atoms with Gasteiger partial charge in [-0.25, -0.2) is 9.78 Å². The van der Waals surface area contributed by atoms with E-state index in [4.69, 9.17) is 9.47 Å². The van der Waals surface area contributed by atoms with Crippen molar-refractivity contribution >= 4 is 11.9 Å². The Morgan fingerprint density at radius 1 is 1.06 bits per heavy atom. The van der Waals surface area contributed by atoms with Crippen LogP contribution in [-0.4, -0.2) is 53.7 Å². The molecular formula is C30H42N2O4. The Morgan fingerprint density at radius 3 is 2.47 bits per heavy atom. The molecule has 0 unspecified atom stereocenters. The predicted octanol–water partition coefficient (Wildman–Crippen LogP) is 6.00. The maximum Gasteiger partial charge on any atom is 0.358 e. The Morgan fingerprint density at radius 2 is 1.78 bits per heavy atom. The molecule has 2 aromatic rings. The molecule has 0 aliphatic carbocycles. The molecule has 196 valence electrons. The van der Waals surface area contributed by atoms with Crippen LogP contribution >= 0.6 is 0 Å². The number of rotatable bonds is 10. The van der Waals surface area contributed by atoms with Crippen molar-refractivity contribution in [1.29, 1.82) is 0 Å². The highest BCUT2D eigenvalue weighted by molar-refractivity contribution is 5.96. The molecule has 1 aliphatic rings. The zero-order valence-corrected chi connectivity index (χ0v) is 22.6. The van der Waals surface area contributed by atoms with Gasteiger partial charge in [0.2, 0.25) is 0 Å². The van der Waals surface area contributed by atoms with Gasteiger partial charge in [-0.15, -0.1) is 0 Å². The minimum atomic E-state index is -0.569. The second-order valence-electron chi connectivity index (χ2n) is 10.8. The Hall–Kier alpha value is -2.73. The third-order valence-corrected chi connectivity index (χ3v) is 6.81. The first-order valence-corrected chi connectivity index (χ1v) is 13.3. The van der Waals surface area contributed by atoms with Crippen molar-refractivity contribution in [3.8, 4) is 11.1 Å². The largest absolute Gasteiger partial charge is 0.465 e. The summed E-state index contributed by atoms with van der Waals surface area (Å²) in [7, 11) is 0. The molecule has 2 heterocycles. The molecule has 1 aromatic carbocycles. The minimum Gasteiger partial charge on any atom is -0.465 e. The van der Waals surface area contributed by atoms with Crippen LogP contribution in [0.25, 0.3) is 11.1 Å². The summed E-state index contributed by atoms with van der Waals surface area (Å²) in [6, 6.07) is 10.1. The number of benzene rings is 1. The molecule has 0 N–H and O–H groups in total. The van der Waals surface area contributed by atoms with E-state index in [0.29, 0.717) is 18.8 Å². The highest BCUT2D eigenvalue weighted by atomic mass is 16.6. The summed E-state index contributed by atoms with van der Waals surface area (Å²) in [6.07, 6.45) is 8.54. The number of piperidine rings is 1. The van der Waals surface area contributed by atoms with Crippen LogP contribution in [0.3, 0.4) is 0 Å². The van der Waals surface area contributed by atoms with Gasteiger partial charge in [0.25, 0.3) is 0 Å². The number of aromatic nitrogens is 1. The molecule has 0 radical (unpaired) electrons. The third-order valence-electron chi connectivity index (χ3n) is 6.81. The standard InChI is InChI=1S/C30H42N2O4/c1-6-35-27(33)21-32-19-16-23(17-20-32)11-7-8-12-24-13-9-14-25(22(24)2)26-15-10-18-31-28(26)29(34)36-30(3,4)5/h9-10,13-15,18,23H,6-8,11-12,16-17,19-21H2,1-5H3. The van der Waals surface area contributed by atoms with E-state index in [1.54, 1.807) is 6.20 Å². The van der Waals surface area contributed by atoms with Crippen molar-refractivity contribution in [2.45, 2.75) is 78.7 Å². The summed E-state index contributed by atoms with van der Waals surface area (Å²) < 4.78 is 10.7. The van der Waals surface area contributed by atoms with Crippen LogP contribution in [0.5, 0.6) is 0 Å². The lowest BCUT2D eigenvalue weighted by molar-refractivity contribution is -0.144. The monoisotopic (exact) mass is 494 g/mol. The Labute approximate surface area is 216 Å². The van der Waals surface area contributed by atoms with Crippen LogP contribution in [0.4, 0.5) is 0 Å². The van der Waals surface area contributed by atoms with E-state index in [0.717, 1.165) is 55.8 Å². The lowest BCUT2D eigenvalue weighted by Gasteiger charge is -2.31. The quantitative estimate of drug-likeness (QED) is 0.298. The number of esters is 2. The number of carbonyl (C=O) groups excluding carboxylic acids is 2. The smallest absolute Gasteiger partial charge is 0.358 e. The van der Waals surface area contributed by atoms with Crippen LogP contribution in [0.1, 0.15) is 81.4 Å². The van der Waals surface area contributed by atoms with E-state index in [1.165, 1.54) is 24.0 Å². The SMILES string of the molecule is CCOC(=O)CN1CCC(CCCCc2cccc(-c3cccnc3C(=O)OC(C)(C)C)c2C)CC1. The number of aryl methyl sites for hydroxylation is 1. The van der Waals surface area contributed by atoms with Gasteiger partial charge in [0.15, 0.2) is 5.69 Å². The van der Waals surface area contributed by atoms with Gasteiger partial charge in [0.1, 0.15) is 5.60 Å². The van der Waals surface area contributed by atoms with Gasteiger partial charge in [-0.05, 0) is 102 Å². The summed E-state index contributed by atoms with van der Waals surface area (Å²) in [5, 5.41) is 0. The van der Waals surface area contributed by atoms with E-state index in [9.17, 15) is 9.59 Å². The molecule has 0 amide bonds. The third kappa shape index (κ3) is 8.16. The summed E-state index contributed by atoms with van der Waals surface area (Å²) >= 11 is 0. The molecule has 36 heavy (non-hydrogen) atoms. The summed E-state index contributed by atoms with van der Waals surface area (Å²) in [6.45, 7) is 12.4. The maximum atomic E-state index is 12.8. The van der Waals surface area contributed by atoms with E-state index >= 15 is 0 Å². The van der Waals surface area contributed by atoms with Crippen LogP contribution in [0.15, 0.2) is 36.5 Å². The summed E-state index contributed by atoms with van der Waals surface area (Å²) in [5.74, 6) is 0.233. The van der Waals surface area contributed by atoms with E-state index in [2.05, 4.69) is 35.0 Å². The normalized spacial score (nSPS) is 15.0. The second kappa shape index (κ2) is 13.0. The summed E-state index contributed by atoms with van der Waals surface area (Å²) in [5.41, 5.74) is 4.16. The van der Waals surface area contributed by atoms with Gasteiger partial charge in [-0.3, -0.25) is 9.69 Å². The van der Waals surface area contributed by atoms with E-state index in [-0.39, 0.29) is 5.97 Å². The van der Waals surface area contributed by atoms with Crippen molar-refractivity contribution < 1.29 is 19.1 Å². The van der Waals surface area contributed by atoms with Crippen molar-refractivity contribution in [2.24, 2.45) is 5.92 Å². The van der Waals surface area contributed by atoms with E-state index < -0.39 is 11.6 Å². The lowest BCUT2D eigenvalue weighted by Crippen LogP contribution is -2.38. The van der Waals surface area contributed by atoms with Gasteiger partial charge < -0.3 is 9.47 Å². The predicted molar refractivity (Wildman–Crippen MR) is 143 cm³/mol. The number of ether oxygens (including phenoxy) is 2. The molecule has 3 rings (SSSR count). The highest BCUT2D eigenvalue weighted by Gasteiger charge is 2.23. The van der Waals surface area contributed by atoms with Crippen LogP contribution < -0.4 is 0 Å². The van der Waals surface area contributed by atoms with Gasteiger partial charge >= 0.3 is 11.9 Å². The van der Waals surface area contributed by atoms with Gasteiger partial charge in [0.05, 0.1) is 13.2 Å².